The maximum Gasteiger partial charge on any atom is 0.265 e. The molecule has 0 saturated carbocycles. The molecule has 0 unspecified atom stereocenters. The van der Waals surface area contributed by atoms with Gasteiger partial charge in [-0.05, 0) is 67.6 Å². The Kier molecular flexibility index (Phi) is 6.56. The number of anilines is 2. The Bertz CT molecular complexity index is 991. The van der Waals surface area contributed by atoms with E-state index in [2.05, 4.69) is 27.4 Å². The molecular formula is C22H24N4O2S2. The molecule has 3 aromatic rings. The first-order valence-electron chi connectivity index (χ1n) is 10.00. The summed E-state index contributed by atoms with van der Waals surface area (Å²) in [4.78, 5) is 32.3. The fraction of sp³-hybridized carbons (Fsp3) is 0.318. The highest BCUT2D eigenvalue weighted by Crippen LogP contribution is 2.22. The van der Waals surface area contributed by atoms with Crippen molar-refractivity contribution in [2.24, 2.45) is 5.92 Å². The summed E-state index contributed by atoms with van der Waals surface area (Å²) in [6.45, 7) is 5.35. The Labute approximate surface area is 184 Å². The van der Waals surface area contributed by atoms with Gasteiger partial charge in [0.15, 0.2) is 5.13 Å². The number of nitrogens with one attached hydrogen (secondary N) is 2. The average Bonchev–Trinajstić information content (AvgIpc) is 3.43. The van der Waals surface area contributed by atoms with Gasteiger partial charge in [0.1, 0.15) is 0 Å². The lowest BCUT2D eigenvalue weighted by Crippen LogP contribution is -2.32. The molecule has 0 radical (unpaired) electrons. The number of benzene rings is 1. The van der Waals surface area contributed by atoms with Gasteiger partial charge in [-0.1, -0.05) is 13.0 Å². The zero-order valence-electron chi connectivity index (χ0n) is 16.8. The minimum absolute atomic E-state index is 0.152. The van der Waals surface area contributed by atoms with Crippen molar-refractivity contribution in [3.8, 4) is 0 Å². The van der Waals surface area contributed by atoms with Crippen LogP contribution in [-0.4, -0.2) is 34.8 Å². The Morgan fingerprint density at radius 2 is 1.83 bits per heavy atom. The molecule has 1 aliphatic heterocycles. The van der Waals surface area contributed by atoms with E-state index in [0.717, 1.165) is 31.2 Å². The molecule has 30 heavy (non-hydrogen) atoms. The standard InChI is InChI=1S/C22H24N4O2S2/c1-15-8-10-26(11-9-15)13-18-14-30-22(24-18)25-20(27)16-4-6-17(7-5-16)23-21(28)19-3-2-12-29-19/h2-7,12,14-15H,8-11,13H2,1H3,(H,23,28)(H,24,25,27). The fourth-order valence-corrected chi connectivity index (χ4v) is 4.68. The van der Waals surface area contributed by atoms with E-state index >= 15 is 0 Å². The molecule has 6 nitrogen and oxygen atoms in total. The van der Waals surface area contributed by atoms with Gasteiger partial charge < -0.3 is 5.32 Å². The van der Waals surface area contributed by atoms with Crippen LogP contribution in [0.15, 0.2) is 47.2 Å². The predicted octanol–water partition coefficient (Wildman–Crippen LogP) is 4.94. The zero-order valence-corrected chi connectivity index (χ0v) is 18.4. The van der Waals surface area contributed by atoms with Crippen LogP contribution < -0.4 is 10.6 Å². The van der Waals surface area contributed by atoms with Crippen LogP contribution in [0.5, 0.6) is 0 Å². The minimum Gasteiger partial charge on any atom is -0.321 e. The van der Waals surface area contributed by atoms with Crippen molar-refractivity contribution in [2.45, 2.75) is 26.3 Å². The highest BCUT2D eigenvalue weighted by Gasteiger charge is 2.17. The highest BCUT2D eigenvalue weighted by molar-refractivity contribution is 7.14. The van der Waals surface area contributed by atoms with Gasteiger partial charge in [-0.15, -0.1) is 22.7 Å². The van der Waals surface area contributed by atoms with Gasteiger partial charge in [0.25, 0.3) is 11.8 Å². The molecule has 0 atom stereocenters. The molecule has 2 N–H and O–H groups in total. The summed E-state index contributed by atoms with van der Waals surface area (Å²) in [5, 5.41) is 10.2. The van der Waals surface area contributed by atoms with Crippen molar-refractivity contribution in [2.75, 3.05) is 23.7 Å². The van der Waals surface area contributed by atoms with Crippen molar-refractivity contribution in [3.63, 3.8) is 0 Å². The third kappa shape index (κ3) is 5.33. The Hall–Kier alpha value is -2.55. The van der Waals surface area contributed by atoms with E-state index < -0.39 is 0 Å². The van der Waals surface area contributed by atoms with E-state index in [1.165, 1.54) is 35.5 Å². The summed E-state index contributed by atoms with van der Waals surface area (Å²) in [7, 11) is 0. The first-order chi connectivity index (χ1) is 14.6. The fourth-order valence-electron chi connectivity index (χ4n) is 3.36. The van der Waals surface area contributed by atoms with Crippen molar-refractivity contribution < 1.29 is 9.59 Å². The van der Waals surface area contributed by atoms with Gasteiger partial charge in [0.2, 0.25) is 0 Å². The second kappa shape index (κ2) is 9.51. The van der Waals surface area contributed by atoms with E-state index in [0.29, 0.717) is 21.3 Å². The molecular weight excluding hydrogens is 416 g/mol. The molecule has 1 fully saturated rings. The van der Waals surface area contributed by atoms with Crippen LogP contribution in [0.3, 0.4) is 0 Å². The second-order valence-corrected chi connectivity index (χ2v) is 9.37. The largest absolute Gasteiger partial charge is 0.321 e. The number of carbonyl (C=O) groups is 2. The lowest BCUT2D eigenvalue weighted by molar-refractivity contribution is 0.102. The quantitative estimate of drug-likeness (QED) is 0.569. The minimum atomic E-state index is -0.209. The van der Waals surface area contributed by atoms with Gasteiger partial charge in [-0.2, -0.15) is 0 Å². The molecule has 1 aliphatic rings. The van der Waals surface area contributed by atoms with Crippen LogP contribution in [0.25, 0.3) is 0 Å². The SMILES string of the molecule is CC1CCN(Cc2csc(NC(=O)c3ccc(NC(=O)c4cccs4)cc3)n2)CC1. The van der Waals surface area contributed by atoms with Gasteiger partial charge in [-0.3, -0.25) is 19.8 Å². The number of amides is 2. The van der Waals surface area contributed by atoms with Crippen molar-refractivity contribution >= 4 is 45.3 Å². The zero-order chi connectivity index (χ0) is 20.9. The smallest absolute Gasteiger partial charge is 0.265 e. The number of thiazole rings is 1. The number of nitrogens with zero attached hydrogens (tertiary/aromatic N) is 2. The number of aromatic nitrogens is 1. The molecule has 2 amide bonds. The summed E-state index contributed by atoms with van der Waals surface area (Å²) in [5.41, 5.74) is 2.17. The van der Waals surface area contributed by atoms with Crippen molar-refractivity contribution in [3.05, 3.63) is 63.3 Å². The number of likely N-dealkylation sites (tertiary alicyclic amines) is 1. The number of rotatable bonds is 6. The topological polar surface area (TPSA) is 74.3 Å². The van der Waals surface area contributed by atoms with E-state index in [1.54, 1.807) is 30.3 Å². The van der Waals surface area contributed by atoms with Crippen LogP contribution in [0, 0.1) is 5.92 Å². The molecule has 1 aromatic carbocycles. The lowest BCUT2D eigenvalue weighted by Gasteiger charge is -2.29. The molecule has 156 valence electrons. The maximum atomic E-state index is 12.5. The number of carbonyl (C=O) groups excluding carboxylic acids is 2. The molecule has 3 heterocycles. The molecule has 0 spiro atoms. The maximum absolute atomic E-state index is 12.5. The van der Waals surface area contributed by atoms with Crippen LogP contribution in [0.1, 0.15) is 45.5 Å². The Morgan fingerprint density at radius 1 is 1.07 bits per heavy atom. The predicted molar refractivity (Wildman–Crippen MR) is 122 cm³/mol. The van der Waals surface area contributed by atoms with Gasteiger partial charge >= 0.3 is 0 Å². The number of hydrogen-bond donors (Lipinski definition) is 2. The van der Waals surface area contributed by atoms with Gasteiger partial charge in [0.05, 0.1) is 10.6 Å². The van der Waals surface area contributed by atoms with Crippen LogP contribution in [0.4, 0.5) is 10.8 Å². The van der Waals surface area contributed by atoms with E-state index in [1.807, 2.05) is 16.8 Å². The molecule has 2 aromatic heterocycles. The molecule has 1 saturated heterocycles. The summed E-state index contributed by atoms with van der Waals surface area (Å²) in [6.07, 6.45) is 2.47. The summed E-state index contributed by atoms with van der Waals surface area (Å²) in [6, 6.07) is 10.5. The lowest BCUT2D eigenvalue weighted by atomic mass is 9.99. The summed E-state index contributed by atoms with van der Waals surface area (Å²) < 4.78 is 0. The summed E-state index contributed by atoms with van der Waals surface area (Å²) in [5.74, 6) is 0.446. The first kappa shape index (κ1) is 20.7. The molecule has 0 bridgehead atoms. The van der Waals surface area contributed by atoms with E-state index in [4.69, 9.17) is 0 Å². The third-order valence-corrected chi connectivity index (χ3v) is 6.86. The van der Waals surface area contributed by atoms with Gasteiger partial charge in [-0.25, -0.2) is 4.98 Å². The van der Waals surface area contributed by atoms with E-state index in [-0.39, 0.29) is 11.8 Å². The highest BCUT2D eigenvalue weighted by atomic mass is 32.1. The van der Waals surface area contributed by atoms with Crippen molar-refractivity contribution in [1.29, 1.82) is 0 Å². The molecule has 0 aliphatic carbocycles. The van der Waals surface area contributed by atoms with Gasteiger partial charge in [0, 0.05) is 23.2 Å². The number of thiophene rings is 1. The normalized spacial score (nSPS) is 15.1. The Balaban J connectivity index is 1.30. The van der Waals surface area contributed by atoms with Crippen molar-refractivity contribution in [1.82, 2.24) is 9.88 Å². The first-order valence-corrected chi connectivity index (χ1v) is 11.8. The monoisotopic (exact) mass is 440 g/mol. The number of hydrogen-bond acceptors (Lipinski definition) is 6. The number of piperidine rings is 1. The molecule has 4 rings (SSSR count). The van der Waals surface area contributed by atoms with E-state index in [9.17, 15) is 9.59 Å². The average molecular weight is 441 g/mol. The second-order valence-electron chi connectivity index (χ2n) is 7.57. The van der Waals surface area contributed by atoms with Crippen LogP contribution >= 0.6 is 22.7 Å². The summed E-state index contributed by atoms with van der Waals surface area (Å²) >= 11 is 2.83. The molecule has 8 heteroatoms. The third-order valence-electron chi connectivity index (χ3n) is 5.18. The Morgan fingerprint density at radius 3 is 2.53 bits per heavy atom. The van der Waals surface area contributed by atoms with Crippen LogP contribution in [-0.2, 0) is 6.54 Å². The van der Waals surface area contributed by atoms with Crippen LogP contribution in [0.2, 0.25) is 0 Å².